The lowest BCUT2D eigenvalue weighted by Gasteiger charge is -2.59. The van der Waals surface area contributed by atoms with Gasteiger partial charge in [0.15, 0.2) is 6.10 Å². The number of aliphatic hydroxyl groups is 2. The fourth-order valence-electron chi connectivity index (χ4n) is 6.57. The summed E-state index contributed by atoms with van der Waals surface area (Å²) in [5.74, 6) is -0.823. The number of allylic oxidation sites excluding steroid dienone is 2. The molecular weight excluding hydrogens is 480 g/mol. The smallest absolute Gasteiger partial charge is 0.337 e. The van der Waals surface area contributed by atoms with Gasteiger partial charge in [-0.1, -0.05) is 55.8 Å². The molecule has 2 aliphatic carbocycles. The SMILES string of the molecule is C=C1CCC2[C@](C)(CO)[C@H](O)CC[C@@]2(C)[C@@H]1CC=C1C(=O)OCC1OC(=O)C=Cc1ccc(Cl)cc1. The van der Waals surface area contributed by atoms with Crippen molar-refractivity contribution in [3.63, 3.8) is 0 Å². The van der Waals surface area contributed by atoms with Crippen molar-refractivity contribution < 1.29 is 29.3 Å². The molecule has 1 aromatic carbocycles. The molecule has 1 heterocycles. The lowest BCUT2D eigenvalue weighted by atomic mass is 9.46. The molecule has 0 aromatic heterocycles. The third kappa shape index (κ3) is 5.04. The van der Waals surface area contributed by atoms with E-state index in [1.807, 2.05) is 13.0 Å². The minimum atomic E-state index is -0.767. The Kier molecular flexibility index (Phi) is 7.79. The van der Waals surface area contributed by atoms with Gasteiger partial charge in [-0.25, -0.2) is 9.59 Å². The van der Waals surface area contributed by atoms with E-state index in [2.05, 4.69) is 13.5 Å². The van der Waals surface area contributed by atoms with Crippen molar-refractivity contribution in [2.45, 2.75) is 58.2 Å². The molecule has 2 saturated carbocycles. The Morgan fingerprint density at radius 3 is 2.69 bits per heavy atom. The van der Waals surface area contributed by atoms with E-state index in [1.54, 1.807) is 30.3 Å². The van der Waals surface area contributed by atoms with Crippen LogP contribution in [0.15, 0.2) is 54.1 Å². The van der Waals surface area contributed by atoms with Crippen molar-refractivity contribution in [3.05, 3.63) is 64.7 Å². The summed E-state index contributed by atoms with van der Waals surface area (Å²) in [5, 5.41) is 21.5. The maximum atomic E-state index is 12.5. The zero-order valence-electron chi connectivity index (χ0n) is 20.9. The molecule has 7 heteroatoms. The Bertz CT molecular complexity index is 1080. The largest absolute Gasteiger partial charge is 0.458 e. The second-order valence-electron chi connectivity index (χ2n) is 10.8. The number of esters is 2. The molecule has 0 amide bonds. The molecule has 1 aliphatic heterocycles. The first-order valence-corrected chi connectivity index (χ1v) is 12.9. The number of carbonyl (C=O) groups is 2. The van der Waals surface area contributed by atoms with Gasteiger partial charge < -0.3 is 19.7 Å². The number of halogens is 1. The van der Waals surface area contributed by atoms with Crippen molar-refractivity contribution in [2.24, 2.45) is 22.7 Å². The van der Waals surface area contributed by atoms with Crippen LogP contribution in [0, 0.1) is 22.7 Å². The van der Waals surface area contributed by atoms with Gasteiger partial charge in [-0.2, -0.15) is 0 Å². The predicted octanol–water partition coefficient (Wildman–Crippen LogP) is 4.88. The summed E-state index contributed by atoms with van der Waals surface area (Å²) in [4.78, 5) is 24.9. The molecule has 3 aliphatic rings. The summed E-state index contributed by atoms with van der Waals surface area (Å²) >= 11 is 5.89. The van der Waals surface area contributed by atoms with Crippen LogP contribution in [0.2, 0.25) is 5.02 Å². The molecule has 6 nitrogen and oxygen atoms in total. The molecule has 0 spiro atoms. The van der Waals surface area contributed by atoms with Crippen LogP contribution < -0.4 is 0 Å². The number of aliphatic hydroxyl groups excluding tert-OH is 2. The third-order valence-electron chi connectivity index (χ3n) is 8.76. The van der Waals surface area contributed by atoms with Crippen molar-refractivity contribution in [3.8, 4) is 0 Å². The third-order valence-corrected chi connectivity index (χ3v) is 9.01. The highest BCUT2D eigenvalue weighted by Crippen LogP contribution is 2.61. The van der Waals surface area contributed by atoms with Crippen LogP contribution in [0.4, 0.5) is 0 Å². The van der Waals surface area contributed by atoms with Crippen LogP contribution in [-0.4, -0.2) is 47.6 Å². The van der Waals surface area contributed by atoms with Gasteiger partial charge in [-0.05, 0) is 73.1 Å². The molecule has 2 N–H and O–H groups in total. The fraction of sp³-hybridized carbons (Fsp3) is 0.517. The number of benzene rings is 1. The first kappa shape index (κ1) is 26.6. The average Bonchev–Trinajstić information content (AvgIpc) is 3.19. The van der Waals surface area contributed by atoms with Gasteiger partial charge in [0.05, 0.1) is 18.3 Å². The molecular formula is C29H35ClO6. The number of fused-ring (bicyclic) bond motifs is 1. The van der Waals surface area contributed by atoms with E-state index in [1.165, 1.54) is 6.08 Å². The summed E-state index contributed by atoms with van der Waals surface area (Å²) in [7, 11) is 0. The maximum absolute atomic E-state index is 12.5. The van der Waals surface area contributed by atoms with Gasteiger partial charge in [0, 0.05) is 16.5 Å². The van der Waals surface area contributed by atoms with E-state index in [4.69, 9.17) is 21.1 Å². The number of cyclic esters (lactones) is 1. The van der Waals surface area contributed by atoms with E-state index in [9.17, 15) is 19.8 Å². The van der Waals surface area contributed by atoms with Gasteiger partial charge >= 0.3 is 11.9 Å². The molecule has 1 saturated heterocycles. The number of carbonyl (C=O) groups excluding carboxylic acids is 2. The molecule has 2 unspecified atom stereocenters. The number of rotatable bonds is 6. The molecule has 6 atom stereocenters. The normalized spacial score (nSPS) is 35.6. The lowest BCUT2D eigenvalue weighted by molar-refractivity contribution is -0.151. The van der Waals surface area contributed by atoms with E-state index in [0.717, 1.165) is 30.4 Å². The molecule has 1 aromatic rings. The van der Waals surface area contributed by atoms with Crippen LogP contribution in [0.25, 0.3) is 6.08 Å². The zero-order chi connectivity index (χ0) is 26.1. The van der Waals surface area contributed by atoms with Crippen LogP contribution in [0.5, 0.6) is 0 Å². The maximum Gasteiger partial charge on any atom is 0.337 e. The first-order valence-electron chi connectivity index (χ1n) is 12.6. The van der Waals surface area contributed by atoms with E-state index in [0.29, 0.717) is 23.4 Å². The van der Waals surface area contributed by atoms with Crippen molar-refractivity contribution in [1.29, 1.82) is 0 Å². The van der Waals surface area contributed by atoms with E-state index < -0.39 is 29.6 Å². The number of hydrogen-bond acceptors (Lipinski definition) is 6. The van der Waals surface area contributed by atoms with Crippen LogP contribution in [0.1, 0.15) is 51.5 Å². The minimum absolute atomic E-state index is 0.00846. The van der Waals surface area contributed by atoms with Gasteiger partial charge in [-0.3, -0.25) is 0 Å². The predicted molar refractivity (Wildman–Crippen MR) is 138 cm³/mol. The van der Waals surface area contributed by atoms with Crippen LogP contribution in [0.3, 0.4) is 0 Å². The second kappa shape index (κ2) is 10.5. The molecule has 194 valence electrons. The molecule has 0 bridgehead atoms. The van der Waals surface area contributed by atoms with Gasteiger partial charge in [-0.15, -0.1) is 0 Å². The van der Waals surface area contributed by atoms with Gasteiger partial charge in [0.1, 0.15) is 6.61 Å². The van der Waals surface area contributed by atoms with Crippen LogP contribution in [-0.2, 0) is 19.1 Å². The van der Waals surface area contributed by atoms with Crippen molar-refractivity contribution >= 4 is 29.6 Å². The van der Waals surface area contributed by atoms with Crippen molar-refractivity contribution in [1.82, 2.24) is 0 Å². The summed E-state index contributed by atoms with van der Waals surface area (Å²) < 4.78 is 10.8. The molecule has 0 radical (unpaired) electrons. The second-order valence-corrected chi connectivity index (χ2v) is 11.3. The zero-order valence-corrected chi connectivity index (χ0v) is 21.7. The summed E-state index contributed by atoms with van der Waals surface area (Å²) in [5.41, 5.74) is 1.53. The topological polar surface area (TPSA) is 93.1 Å². The molecule has 36 heavy (non-hydrogen) atoms. The fourth-order valence-corrected chi connectivity index (χ4v) is 6.69. The lowest BCUT2D eigenvalue weighted by Crippen LogP contribution is -2.57. The monoisotopic (exact) mass is 514 g/mol. The summed E-state index contributed by atoms with van der Waals surface area (Å²) in [6.07, 6.45) is 7.16. The number of hydrogen-bond donors (Lipinski definition) is 2. The highest BCUT2D eigenvalue weighted by Gasteiger charge is 2.57. The number of ether oxygens (including phenoxy) is 2. The molecule has 3 fully saturated rings. The standard InChI is InChI=1S/C29H35ClO6/c1-18-4-12-24-28(2,15-14-25(32)29(24,3)17-31)22(18)11-10-21-23(16-35-27(21)34)36-26(33)13-7-19-5-8-20(30)9-6-19/h5-10,13,22-25,31-32H,1,4,11-12,14-17H2,2-3H3/t22-,23?,24?,25-,28+,29+/m1/s1. The Balaban J connectivity index is 1.48. The first-order chi connectivity index (χ1) is 17.1. The quantitative estimate of drug-likeness (QED) is 0.319. The average molecular weight is 515 g/mol. The summed E-state index contributed by atoms with van der Waals surface area (Å²) in [6.45, 7) is 8.46. The van der Waals surface area contributed by atoms with Crippen LogP contribution >= 0.6 is 11.6 Å². The van der Waals surface area contributed by atoms with Crippen molar-refractivity contribution in [2.75, 3.05) is 13.2 Å². The Morgan fingerprint density at radius 1 is 1.28 bits per heavy atom. The van der Waals surface area contributed by atoms with E-state index >= 15 is 0 Å². The Labute approximate surface area is 217 Å². The Hall–Kier alpha value is -2.41. The highest BCUT2D eigenvalue weighted by molar-refractivity contribution is 6.30. The Morgan fingerprint density at radius 2 is 2.00 bits per heavy atom. The van der Waals surface area contributed by atoms with Gasteiger partial charge in [0.25, 0.3) is 0 Å². The van der Waals surface area contributed by atoms with Gasteiger partial charge in [0.2, 0.25) is 0 Å². The van der Waals surface area contributed by atoms with E-state index in [-0.39, 0.29) is 30.5 Å². The minimum Gasteiger partial charge on any atom is -0.458 e. The highest BCUT2D eigenvalue weighted by atomic mass is 35.5. The summed E-state index contributed by atoms with van der Waals surface area (Å²) in [6, 6.07) is 7.04. The molecule has 4 rings (SSSR count).